The van der Waals surface area contributed by atoms with Crippen LogP contribution >= 0.6 is 0 Å². The molecule has 0 radical (unpaired) electrons. The molecule has 3 heterocycles. The van der Waals surface area contributed by atoms with E-state index in [1.807, 2.05) is 0 Å². The molecule has 2 aliphatic rings. The number of hydrogen-bond donors (Lipinski definition) is 1. The van der Waals surface area contributed by atoms with Crippen LogP contribution in [0.5, 0.6) is 0 Å². The van der Waals surface area contributed by atoms with Gasteiger partial charge in [-0.25, -0.2) is 4.98 Å². The van der Waals surface area contributed by atoms with E-state index in [9.17, 15) is 0 Å². The van der Waals surface area contributed by atoms with Gasteiger partial charge in [-0.15, -0.1) is 0 Å². The largest absolute Gasteiger partial charge is 0.483 e. The molecule has 1 aromatic heterocycles. The molecule has 1 N–H and O–H groups in total. The molecule has 0 aliphatic carbocycles. The number of piperazine rings is 1. The summed E-state index contributed by atoms with van der Waals surface area (Å²) in [6.07, 6.45) is 2.51. The van der Waals surface area contributed by atoms with Crippen LogP contribution in [0, 0.1) is 13.8 Å². The molecule has 0 unspecified atom stereocenters. The monoisotopic (exact) mass is 365 g/mol. The van der Waals surface area contributed by atoms with Gasteiger partial charge in [-0.2, -0.15) is 4.98 Å². The number of nitrogens with zero attached hydrogens (tertiary/aromatic N) is 5. The van der Waals surface area contributed by atoms with Gasteiger partial charge in [0.05, 0.1) is 6.61 Å². The van der Waals surface area contributed by atoms with Crippen molar-refractivity contribution in [2.75, 3.05) is 69.3 Å². The Morgan fingerprint density at radius 1 is 1.04 bits per heavy atom. The Labute approximate surface area is 155 Å². The van der Waals surface area contributed by atoms with Crippen molar-refractivity contribution in [3.8, 4) is 0 Å². The van der Waals surface area contributed by atoms with E-state index in [0.29, 0.717) is 0 Å². The van der Waals surface area contributed by atoms with Crippen LogP contribution in [0.3, 0.4) is 0 Å². The van der Waals surface area contributed by atoms with E-state index < -0.39 is 0 Å². The molecule has 0 atom stereocenters. The van der Waals surface area contributed by atoms with Gasteiger partial charge in [0.15, 0.2) is 0 Å². The highest BCUT2D eigenvalue weighted by Crippen LogP contribution is 2.25. The van der Waals surface area contributed by atoms with Crippen LogP contribution in [0.4, 0.5) is 11.8 Å². The van der Waals surface area contributed by atoms with Crippen molar-refractivity contribution < 1.29 is 14.6 Å². The first-order chi connectivity index (χ1) is 12.6. The first kappa shape index (κ1) is 20.4. The van der Waals surface area contributed by atoms with Crippen LogP contribution in [0.25, 0.3) is 0 Å². The molecule has 26 heavy (non-hydrogen) atoms. The van der Waals surface area contributed by atoms with Crippen LogP contribution in [-0.2, 0) is 9.53 Å². The van der Waals surface area contributed by atoms with Crippen LogP contribution in [0.2, 0.25) is 0 Å². The second-order valence-corrected chi connectivity index (χ2v) is 6.68. The van der Waals surface area contributed by atoms with E-state index in [-0.39, 0.29) is 6.47 Å². The quantitative estimate of drug-likeness (QED) is 0.779. The first-order valence-electron chi connectivity index (χ1n) is 9.25. The average molecular weight is 365 g/mol. The van der Waals surface area contributed by atoms with Crippen molar-refractivity contribution in [1.82, 2.24) is 14.9 Å². The van der Waals surface area contributed by atoms with Gasteiger partial charge >= 0.3 is 0 Å². The summed E-state index contributed by atoms with van der Waals surface area (Å²) in [4.78, 5) is 25.2. The van der Waals surface area contributed by atoms with Crippen molar-refractivity contribution in [3.05, 3.63) is 11.3 Å². The molecule has 0 amide bonds. The Bertz CT molecular complexity index is 570. The van der Waals surface area contributed by atoms with E-state index in [2.05, 4.69) is 28.5 Å². The lowest BCUT2D eigenvalue weighted by molar-refractivity contribution is -0.122. The Morgan fingerprint density at radius 3 is 2.23 bits per heavy atom. The summed E-state index contributed by atoms with van der Waals surface area (Å²) in [6, 6.07) is 0. The number of hydrogen-bond acceptors (Lipinski definition) is 7. The summed E-state index contributed by atoms with van der Waals surface area (Å²) in [5.41, 5.74) is 2.33. The number of ether oxygens (including phenoxy) is 1. The lowest BCUT2D eigenvalue weighted by Gasteiger charge is -2.36. The molecule has 2 saturated heterocycles. The van der Waals surface area contributed by atoms with Crippen LogP contribution in [0.1, 0.15) is 24.1 Å². The minimum Gasteiger partial charge on any atom is -0.483 e. The summed E-state index contributed by atoms with van der Waals surface area (Å²) in [5.74, 6) is 2.05. The number of anilines is 2. The van der Waals surface area contributed by atoms with E-state index in [4.69, 9.17) is 24.6 Å². The summed E-state index contributed by atoms with van der Waals surface area (Å²) in [7, 11) is 1.77. The summed E-state index contributed by atoms with van der Waals surface area (Å²) in [6.45, 7) is 12.2. The van der Waals surface area contributed by atoms with Crippen molar-refractivity contribution in [1.29, 1.82) is 0 Å². The topological polar surface area (TPSA) is 82.0 Å². The zero-order valence-electron chi connectivity index (χ0n) is 16.1. The molecule has 146 valence electrons. The smallest absolute Gasteiger partial charge is 0.290 e. The number of carbonyl (C=O) groups is 1. The Kier molecular flexibility index (Phi) is 8.06. The number of rotatable bonds is 5. The van der Waals surface area contributed by atoms with E-state index in [1.165, 1.54) is 18.4 Å². The molecule has 3 rings (SSSR count). The van der Waals surface area contributed by atoms with Crippen molar-refractivity contribution in [2.24, 2.45) is 0 Å². The third-order valence-corrected chi connectivity index (χ3v) is 5.02. The molecule has 2 aliphatic heterocycles. The fourth-order valence-electron chi connectivity index (χ4n) is 3.37. The van der Waals surface area contributed by atoms with Crippen molar-refractivity contribution >= 4 is 18.2 Å². The van der Waals surface area contributed by atoms with Crippen LogP contribution in [0.15, 0.2) is 0 Å². The van der Waals surface area contributed by atoms with Crippen LogP contribution in [-0.4, -0.2) is 86.0 Å². The second kappa shape index (κ2) is 10.3. The van der Waals surface area contributed by atoms with Gasteiger partial charge in [-0.1, -0.05) is 0 Å². The highest BCUT2D eigenvalue weighted by atomic mass is 16.5. The van der Waals surface area contributed by atoms with E-state index in [0.717, 1.165) is 69.9 Å². The molecule has 8 nitrogen and oxygen atoms in total. The molecule has 2 fully saturated rings. The van der Waals surface area contributed by atoms with Crippen molar-refractivity contribution in [2.45, 2.75) is 26.7 Å². The highest BCUT2D eigenvalue weighted by Gasteiger charge is 2.23. The number of aromatic nitrogens is 2. The van der Waals surface area contributed by atoms with Gasteiger partial charge in [-0.05, 0) is 26.7 Å². The second-order valence-electron chi connectivity index (χ2n) is 6.68. The van der Waals surface area contributed by atoms with Gasteiger partial charge in [0, 0.05) is 64.2 Å². The standard InChI is InChI=1S/C17H29N5O.CH2O2/c1-14-15(2)18-17(22-6-4-5-7-22)19-16(14)21-10-8-20(9-11-21)12-13-23-3;2-1-3/h4-13H2,1-3H3;1H,(H,2,3). The fraction of sp³-hybridized carbons (Fsp3) is 0.722. The molecular weight excluding hydrogens is 334 g/mol. The van der Waals surface area contributed by atoms with Gasteiger partial charge < -0.3 is 19.6 Å². The third-order valence-electron chi connectivity index (χ3n) is 5.02. The first-order valence-corrected chi connectivity index (χ1v) is 9.25. The van der Waals surface area contributed by atoms with Gasteiger partial charge in [0.1, 0.15) is 5.82 Å². The molecule has 0 spiro atoms. The highest BCUT2D eigenvalue weighted by molar-refractivity contribution is 5.53. The summed E-state index contributed by atoms with van der Waals surface area (Å²) < 4.78 is 5.18. The normalized spacial score (nSPS) is 17.8. The minimum absolute atomic E-state index is 0.250. The Hall–Kier alpha value is -1.93. The van der Waals surface area contributed by atoms with Crippen LogP contribution < -0.4 is 9.80 Å². The number of methoxy groups -OCH3 is 1. The van der Waals surface area contributed by atoms with Crippen molar-refractivity contribution in [3.63, 3.8) is 0 Å². The maximum atomic E-state index is 8.36. The van der Waals surface area contributed by atoms with E-state index in [1.54, 1.807) is 7.11 Å². The SMILES string of the molecule is COCCN1CCN(c2nc(N3CCCC3)nc(C)c2C)CC1.O=CO. The molecule has 0 bridgehead atoms. The third kappa shape index (κ3) is 5.28. The number of aryl methyl sites for hydroxylation is 1. The molecular formula is C18H31N5O3. The maximum absolute atomic E-state index is 8.36. The molecule has 0 saturated carbocycles. The summed E-state index contributed by atoms with van der Waals surface area (Å²) >= 11 is 0. The Balaban J connectivity index is 0.000000758. The lowest BCUT2D eigenvalue weighted by atomic mass is 10.2. The fourth-order valence-corrected chi connectivity index (χ4v) is 3.37. The minimum atomic E-state index is -0.250. The zero-order valence-corrected chi connectivity index (χ0v) is 16.1. The predicted octanol–water partition coefficient (Wildman–Crippen LogP) is 1.16. The molecule has 0 aromatic carbocycles. The van der Waals surface area contributed by atoms with Gasteiger partial charge in [-0.3, -0.25) is 9.69 Å². The lowest BCUT2D eigenvalue weighted by Crippen LogP contribution is -2.48. The number of carboxylic acid groups (broad SMARTS) is 1. The average Bonchev–Trinajstić information content (AvgIpc) is 3.18. The van der Waals surface area contributed by atoms with Gasteiger partial charge in [0.25, 0.3) is 6.47 Å². The van der Waals surface area contributed by atoms with E-state index >= 15 is 0 Å². The summed E-state index contributed by atoms with van der Waals surface area (Å²) in [5, 5.41) is 6.89. The maximum Gasteiger partial charge on any atom is 0.290 e. The molecule has 8 heteroatoms. The zero-order chi connectivity index (χ0) is 18.9. The van der Waals surface area contributed by atoms with Gasteiger partial charge in [0.2, 0.25) is 5.95 Å². The predicted molar refractivity (Wildman–Crippen MR) is 102 cm³/mol. The molecule has 1 aromatic rings. The Morgan fingerprint density at radius 2 is 1.65 bits per heavy atom.